The average molecular weight is 459 g/mol. The SMILES string of the molecule is COc1nc(NS(=O)(=O)c2ccccc2Cl)ccc1-c1cc(C)c2nc(F)ncc2c1. The predicted octanol–water partition coefficient (Wildman–Crippen LogP) is 4.60. The third-order valence-corrected chi connectivity index (χ3v) is 6.43. The van der Waals surface area contributed by atoms with E-state index in [2.05, 4.69) is 19.7 Å². The van der Waals surface area contributed by atoms with Crippen LogP contribution in [0.5, 0.6) is 5.88 Å². The van der Waals surface area contributed by atoms with Crippen LogP contribution in [-0.2, 0) is 10.0 Å². The minimum Gasteiger partial charge on any atom is -0.480 e. The Labute approximate surface area is 183 Å². The quantitative estimate of drug-likeness (QED) is 0.439. The van der Waals surface area contributed by atoms with Gasteiger partial charge in [-0.2, -0.15) is 9.37 Å². The number of aryl methyl sites for hydroxylation is 1. The molecule has 0 unspecified atom stereocenters. The number of pyridine rings is 1. The Hall–Kier alpha value is -3.30. The van der Waals surface area contributed by atoms with Crippen molar-refractivity contribution in [1.29, 1.82) is 0 Å². The van der Waals surface area contributed by atoms with Gasteiger partial charge in [0.25, 0.3) is 10.0 Å². The molecular formula is C21H16ClFN4O3S. The largest absolute Gasteiger partial charge is 0.480 e. The zero-order valence-electron chi connectivity index (χ0n) is 16.4. The molecule has 0 radical (unpaired) electrons. The lowest BCUT2D eigenvalue weighted by atomic mass is 10.0. The summed E-state index contributed by atoms with van der Waals surface area (Å²) in [6.45, 7) is 1.81. The fourth-order valence-corrected chi connectivity index (χ4v) is 4.71. The first-order valence-electron chi connectivity index (χ1n) is 9.04. The predicted molar refractivity (Wildman–Crippen MR) is 116 cm³/mol. The van der Waals surface area contributed by atoms with Gasteiger partial charge in [-0.3, -0.25) is 4.72 Å². The summed E-state index contributed by atoms with van der Waals surface area (Å²) in [5, 5.41) is 0.755. The summed E-state index contributed by atoms with van der Waals surface area (Å²) in [5.74, 6) is 0.282. The second-order valence-electron chi connectivity index (χ2n) is 6.66. The molecule has 0 aliphatic heterocycles. The highest BCUT2D eigenvalue weighted by Gasteiger charge is 2.19. The number of nitrogens with one attached hydrogen (secondary N) is 1. The number of halogens is 2. The minimum absolute atomic E-state index is 0.0566. The maximum absolute atomic E-state index is 13.4. The molecule has 2 aromatic heterocycles. The van der Waals surface area contributed by atoms with E-state index in [1.807, 2.05) is 13.0 Å². The van der Waals surface area contributed by atoms with Gasteiger partial charge in [0.15, 0.2) is 0 Å². The van der Waals surface area contributed by atoms with Gasteiger partial charge in [0, 0.05) is 17.1 Å². The number of sulfonamides is 1. The highest BCUT2D eigenvalue weighted by Crippen LogP contribution is 2.33. The molecule has 0 aliphatic carbocycles. The van der Waals surface area contributed by atoms with Crippen LogP contribution in [0.4, 0.5) is 10.2 Å². The summed E-state index contributed by atoms with van der Waals surface area (Å²) in [4.78, 5) is 11.7. The number of methoxy groups -OCH3 is 1. The molecule has 0 saturated carbocycles. The van der Waals surface area contributed by atoms with Crippen LogP contribution in [-0.4, -0.2) is 30.5 Å². The molecule has 7 nitrogen and oxygen atoms in total. The molecule has 158 valence electrons. The Kier molecular flexibility index (Phi) is 5.47. The van der Waals surface area contributed by atoms with Crippen LogP contribution in [0, 0.1) is 13.0 Å². The third-order valence-electron chi connectivity index (χ3n) is 4.57. The van der Waals surface area contributed by atoms with Crippen molar-refractivity contribution in [2.45, 2.75) is 11.8 Å². The molecule has 2 aromatic carbocycles. The molecule has 4 aromatic rings. The van der Waals surface area contributed by atoms with Gasteiger partial charge in [0.2, 0.25) is 5.88 Å². The maximum atomic E-state index is 13.4. The van der Waals surface area contributed by atoms with E-state index in [0.29, 0.717) is 16.5 Å². The summed E-state index contributed by atoms with van der Waals surface area (Å²) in [6.07, 6.45) is 0.609. The Morgan fingerprint density at radius 2 is 1.87 bits per heavy atom. The second-order valence-corrected chi connectivity index (χ2v) is 8.72. The molecule has 1 N–H and O–H groups in total. The summed E-state index contributed by atoms with van der Waals surface area (Å²) in [6, 6.07) is 12.9. The summed E-state index contributed by atoms with van der Waals surface area (Å²) in [5.41, 5.74) is 2.62. The highest BCUT2D eigenvalue weighted by molar-refractivity contribution is 7.92. The molecule has 0 spiro atoms. The van der Waals surface area contributed by atoms with E-state index in [9.17, 15) is 12.8 Å². The molecule has 10 heteroatoms. The van der Waals surface area contributed by atoms with Crippen molar-refractivity contribution in [2.24, 2.45) is 0 Å². The number of anilines is 1. The Balaban J connectivity index is 1.73. The van der Waals surface area contributed by atoms with E-state index < -0.39 is 16.1 Å². The van der Waals surface area contributed by atoms with Gasteiger partial charge in [-0.1, -0.05) is 23.7 Å². The summed E-state index contributed by atoms with van der Waals surface area (Å²) in [7, 11) is -2.50. The normalized spacial score (nSPS) is 11.5. The van der Waals surface area contributed by atoms with Crippen molar-refractivity contribution in [3.05, 3.63) is 71.4 Å². The van der Waals surface area contributed by atoms with Gasteiger partial charge in [-0.25, -0.2) is 18.4 Å². The van der Waals surface area contributed by atoms with Crippen molar-refractivity contribution in [2.75, 3.05) is 11.8 Å². The average Bonchev–Trinajstić information content (AvgIpc) is 2.74. The van der Waals surface area contributed by atoms with E-state index >= 15 is 0 Å². The molecular weight excluding hydrogens is 443 g/mol. The molecule has 0 fully saturated rings. The summed E-state index contributed by atoms with van der Waals surface area (Å²) < 4.78 is 46.5. The van der Waals surface area contributed by atoms with E-state index in [-0.39, 0.29) is 21.6 Å². The second kappa shape index (κ2) is 8.09. The molecule has 31 heavy (non-hydrogen) atoms. The van der Waals surface area contributed by atoms with Crippen molar-refractivity contribution >= 4 is 38.3 Å². The number of fused-ring (bicyclic) bond motifs is 1. The number of benzene rings is 2. The van der Waals surface area contributed by atoms with E-state index in [0.717, 1.165) is 11.1 Å². The molecule has 2 heterocycles. The fourth-order valence-electron chi connectivity index (χ4n) is 3.19. The third kappa shape index (κ3) is 4.14. The van der Waals surface area contributed by atoms with Crippen LogP contribution in [0.25, 0.3) is 22.0 Å². The lowest BCUT2D eigenvalue weighted by molar-refractivity contribution is 0.400. The van der Waals surface area contributed by atoms with Gasteiger partial charge in [0.1, 0.15) is 10.7 Å². The van der Waals surface area contributed by atoms with E-state index in [1.165, 1.54) is 31.5 Å². The van der Waals surface area contributed by atoms with Gasteiger partial charge in [-0.15, -0.1) is 0 Å². The topological polar surface area (TPSA) is 94.1 Å². The Bertz CT molecular complexity index is 1410. The Morgan fingerprint density at radius 3 is 2.61 bits per heavy atom. The zero-order chi connectivity index (χ0) is 22.2. The first-order chi connectivity index (χ1) is 14.8. The smallest absolute Gasteiger partial charge is 0.309 e. The monoisotopic (exact) mass is 458 g/mol. The number of aromatic nitrogens is 3. The van der Waals surface area contributed by atoms with Crippen molar-refractivity contribution < 1.29 is 17.5 Å². The number of hydrogen-bond acceptors (Lipinski definition) is 6. The van der Waals surface area contributed by atoms with Crippen molar-refractivity contribution in [3.63, 3.8) is 0 Å². The summed E-state index contributed by atoms with van der Waals surface area (Å²) >= 11 is 6.01. The van der Waals surface area contributed by atoms with E-state index in [1.54, 1.807) is 24.3 Å². The van der Waals surface area contributed by atoms with Gasteiger partial charge >= 0.3 is 6.08 Å². The molecule has 0 aliphatic rings. The van der Waals surface area contributed by atoms with Gasteiger partial charge < -0.3 is 4.74 Å². The van der Waals surface area contributed by atoms with Crippen LogP contribution in [0.2, 0.25) is 5.02 Å². The van der Waals surface area contributed by atoms with Crippen molar-refractivity contribution in [3.8, 4) is 17.0 Å². The zero-order valence-corrected chi connectivity index (χ0v) is 18.0. The standard InChI is InChI=1S/C21H16ClFN4O3S/c1-12-9-13(10-14-11-24-21(23)26-19(12)14)15-7-8-18(25-20(15)30-2)27-31(28,29)17-6-4-3-5-16(17)22/h3-11H,1-2H3,(H,25,27). The van der Waals surface area contributed by atoms with Gasteiger partial charge in [0.05, 0.1) is 17.6 Å². The molecule has 0 atom stereocenters. The first-order valence-corrected chi connectivity index (χ1v) is 10.9. The number of rotatable bonds is 5. The maximum Gasteiger partial charge on any atom is 0.309 e. The van der Waals surface area contributed by atoms with Gasteiger partial charge in [-0.05, 0) is 54.4 Å². The van der Waals surface area contributed by atoms with Crippen LogP contribution in [0.15, 0.2) is 59.6 Å². The van der Waals surface area contributed by atoms with E-state index in [4.69, 9.17) is 16.3 Å². The lowest BCUT2D eigenvalue weighted by Crippen LogP contribution is -2.14. The molecule has 0 amide bonds. The van der Waals surface area contributed by atoms with Crippen LogP contribution >= 0.6 is 11.6 Å². The fraction of sp³-hybridized carbons (Fsp3) is 0.0952. The van der Waals surface area contributed by atoms with Crippen LogP contribution in [0.3, 0.4) is 0 Å². The molecule has 0 saturated heterocycles. The highest BCUT2D eigenvalue weighted by atomic mass is 35.5. The molecule has 4 rings (SSSR count). The minimum atomic E-state index is -3.94. The molecule has 0 bridgehead atoms. The number of hydrogen-bond donors (Lipinski definition) is 1. The number of ether oxygens (including phenoxy) is 1. The Morgan fingerprint density at radius 1 is 1.10 bits per heavy atom. The van der Waals surface area contributed by atoms with Crippen LogP contribution in [0.1, 0.15) is 5.56 Å². The van der Waals surface area contributed by atoms with Crippen molar-refractivity contribution in [1.82, 2.24) is 15.0 Å². The number of nitrogens with zero attached hydrogens (tertiary/aromatic N) is 3. The van der Waals surface area contributed by atoms with Crippen LogP contribution < -0.4 is 9.46 Å². The lowest BCUT2D eigenvalue weighted by Gasteiger charge is -2.13. The first kappa shape index (κ1) is 21.0.